The smallest absolute Gasteiger partial charge is 0.256 e. The van der Waals surface area contributed by atoms with Crippen molar-refractivity contribution >= 4 is 17.9 Å². The lowest BCUT2D eigenvalue weighted by atomic mass is 10.1. The van der Waals surface area contributed by atoms with E-state index in [-0.39, 0.29) is 11.8 Å². The summed E-state index contributed by atoms with van der Waals surface area (Å²) in [5, 5.41) is 0. The van der Waals surface area contributed by atoms with Gasteiger partial charge in [-0.25, -0.2) is 4.98 Å². The van der Waals surface area contributed by atoms with Gasteiger partial charge in [-0.05, 0) is 37.1 Å². The highest BCUT2D eigenvalue weighted by atomic mass is 16.5. The van der Waals surface area contributed by atoms with E-state index in [1.165, 1.54) is 11.8 Å². The van der Waals surface area contributed by atoms with Crippen LogP contribution in [0.2, 0.25) is 0 Å². The fraction of sp³-hybridized carbons (Fsp3) is 0.278. The Hall–Kier alpha value is -2.89. The number of aryl methyl sites for hydroxylation is 1. The molecule has 0 aliphatic carbocycles. The van der Waals surface area contributed by atoms with Crippen molar-refractivity contribution in [1.29, 1.82) is 0 Å². The number of benzene rings is 1. The standard InChI is InChI=1S/C18H19N3O3/c1-12-10-20(11-19-12)16-5-4-14(9-17(16)24-3)8-15-6-7-21(13(2)22)18(15)23/h4-5,8-11H,6-7H2,1-3H3/b15-8+. The maximum Gasteiger partial charge on any atom is 0.256 e. The van der Waals surface area contributed by atoms with Gasteiger partial charge in [-0.1, -0.05) is 6.07 Å². The predicted molar refractivity (Wildman–Crippen MR) is 89.8 cm³/mol. The van der Waals surface area contributed by atoms with Crippen LogP contribution in [0.1, 0.15) is 24.6 Å². The summed E-state index contributed by atoms with van der Waals surface area (Å²) in [6, 6.07) is 5.72. The number of rotatable bonds is 3. The lowest BCUT2D eigenvalue weighted by molar-refractivity contribution is -0.138. The molecule has 6 nitrogen and oxygen atoms in total. The van der Waals surface area contributed by atoms with Crippen LogP contribution >= 0.6 is 0 Å². The molecule has 0 unspecified atom stereocenters. The number of likely N-dealkylation sites (tertiary alicyclic amines) is 1. The summed E-state index contributed by atoms with van der Waals surface area (Å²) in [4.78, 5) is 29.1. The molecule has 0 bridgehead atoms. The number of nitrogens with zero attached hydrogens (tertiary/aromatic N) is 3. The molecule has 0 spiro atoms. The molecule has 6 heteroatoms. The maximum absolute atomic E-state index is 12.2. The first-order valence-electron chi connectivity index (χ1n) is 7.71. The van der Waals surface area contributed by atoms with E-state index in [0.29, 0.717) is 24.3 Å². The number of amides is 2. The highest BCUT2D eigenvalue weighted by Gasteiger charge is 2.28. The Morgan fingerprint density at radius 1 is 1.38 bits per heavy atom. The number of imidazole rings is 1. The first-order valence-corrected chi connectivity index (χ1v) is 7.71. The predicted octanol–water partition coefficient (Wildman–Crippen LogP) is 2.35. The van der Waals surface area contributed by atoms with Gasteiger partial charge in [0.1, 0.15) is 5.75 Å². The minimum absolute atomic E-state index is 0.212. The topological polar surface area (TPSA) is 64.4 Å². The Morgan fingerprint density at radius 3 is 2.75 bits per heavy atom. The normalized spacial score (nSPS) is 16.0. The minimum Gasteiger partial charge on any atom is -0.495 e. The fourth-order valence-corrected chi connectivity index (χ4v) is 2.80. The summed E-state index contributed by atoms with van der Waals surface area (Å²) in [6.45, 7) is 3.78. The van der Waals surface area contributed by atoms with Gasteiger partial charge in [0.2, 0.25) is 5.91 Å². The number of ether oxygens (including phenoxy) is 1. The van der Waals surface area contributed by atoms with Gasteiger partial charge >= 0.3 is 0 Å². The quantitative estimate of drug-likeness (QED) is 0.813. The number of aromatic nitrogens is 2. The van der Waals surface area contributed by atoms with Crippen LogP contribution in [0.15, 0.2) is 36.3 Å². The zero-order valence-electron chi connectivity index (χ0n) is 13.9. The zero-order valence-corrected chi connectivity index (χ0v) is 13.9. The molecule has 3 rings (SSSR count). The SMILES string of the molecule is COc1cc(/C=C2\CCN(C(C)=O)C2=O)ccc1-n1cnc(C)c1. The number of carbonyl (C=O) groups is 2. The lowest BCUT2D eigenvalue weighted by Gasteiger charge is -2.10. The molecule has 1 aliphatic rings. The van der Waals surface area contributed by atoms with E-state index in [0.717, 1.165) is 16.9 Å². The Kier molecular flexibility index (Phi) is 4.20. The van der Waals surface area contributed by atoms with Crippen molar-refractivity contribution in [2.45, 2.75) is 20.3 Å². The van der Waals surface area contributed by atoms with E-state index >= 15 is 0 Å². The van der Waals surface area contributed by atoms with Gasteiger partial charge in [-0.3, -0.25) is 14.5 Å². The largest absolute Gasteiger partial charge is 0.495 e. The van der Waals surface area contributed by atoms with Crippen molar-refractivity contribution in [2.75, 3.05) is 13.7 Å². The van der Waals surface area contributed by atoms with Crippen molar-refractivity contribution < 1.29 is 14.3 Å². The Balaban J connectivity index is 1.92. The molecule has 1 aliphatic heterocycles. The van der Waals surface area contributed by atoms with Crippen LogP contribution in [-0.2, 0) is 9.59 Å². The third-order valence-corrected chi connectivity index (χ3v) is 4.04. The van der Waals surface area contributed by atoms with Gasteiger partial charge in [0, 0.05) is 25.2 Å². The second kappa shape index (κ2) is 6.31. The number of hydrogen-bond acceptors (Lipinski definition) is 4. The third-order valence-electron chi connectivity index (χ3n) is 4.04. The van der Waals surface area contributed by atoms with E-state index in [1.54, 1.807) is 13.4 Å². The molecule has 2 aromatic rings. The second-order valence-corrected chi connectivity index (χ2v) is 5.75. The molecule has 0 radical (unpaired) electrons. The first-order chi connectivity index (χ1) is 11.5. The molecule has 1 aromatic carbocycles. The Labute approximate surface area is 140 Å². The number of carbonyl (C=O) groups excluding carboxylic acids is 2. The fourth-order valence-electron chi connectivity index (χ4n) is 2.80. The summed E-state index contributed by atoms with van der Waals surface area (Å²) in [6.07, 6.45) is 6.04. The van der Waals surface area contributed by atoms with Crippen LogP contribution < -0.4 is 4.74 Å². The monoisotopic (exact) mass is 325 g/mol. The molecule has 0 saturated carbocycles. The highest BCUT2D eigenvalue weighted by molar-refractivity contribution is 6.08. The Bertz CT molecular complexity index is 836. The number of hydrogen-bond donors (Lipinski definition) is 0. The van der Waals surface area contributed by atoms with E-state index < -0.39 is 0 Å². The first kappa shape index (κ1) is 16.0. The molecular weight excluding hydrogens is 306 g/mol. The molecule has 1 saturated heterocycles. The van der Waals surface area contributed by atoms with Crippen molar-refractivity contribution in [3.05, 3.63) is 47.6 Å². The van der Waals surface area contributed by atoms with E-state index in [4.69, 9.17) is 4.74 Å². The van der Waals surface area contributed by atoms with Gasteiger partial charge in [0.05, 0.1) is 24.8 Å². The molecule has 1 aromatic heterocycles. The summed E-state index contributed by atoms with van der Waals surface area (Å²) in [5.74, 6) is 0.262. The van der Waals surface area contributed by atoms with Crippen LogP contribution in [0.4, 0.5) is 0 Å². The van der Waals surface area contributed by atoms with Crippen LogP contribution in [0, 0.1) is 6.92 Å². The average Bonchev–Trinajstić information content (AvgIpc) is 3.14. The summed E-state index contributed by atoms with van der Waals surface area (Å²) < 4.78 is 7.37. The molecular formula is C18H19N3O3. The average molecular weight is 325 g/mol. The van der Waals surface area contributed by atoms with Crippen LogP contribution in [-0.4, -0.2) is 39.9 Å². The Morgan fingerprint density at radius 2 is 2.17 bits per heavy atom. The minimum atomic E-state index is -0.216. The highest BCUT2D eigenvalue weighted by Crippen LogP contribution is 2.27. The van der Waals surface area contributed by atoms with Crippen LogP contribution in [0.3, 0.4) is 0 Å². The lowest BCUT2D eigenvalue weighted by Crippen LogP contribution is -2.29. The zero-order chi connectivity index (χ0) is 17.3. The molecule has 0 N–H and O–H groups in total. The summed E-state index contributed by atoms with van der Waals surface area (Å²) in [5.41, 5.74) is 3.30. The summed E-state index contributed by atoms with van der Waals surface area (Å²) >= 11 is 0. The molecule has 2 amide bonds. The van der Waals surface area contributed by atoms with Gasteiger partial charge < -0.3 is 9.30 Å². The second-order valence-electron chi connectivity index (χ2n) is 5.75. The van der Waals surface area contributed by atoms with Gasteiger partial charge in [-0.15, -0.1) is 0 Å². The molecule has 24 heavy (non-hydrogen) atoms. The van der Waals surface area contributed by atoms with E-state index in [1.807, 2.05) is 42.0 Å². The van der Waals surface area contributed by atoms with Crippen molar-refractivity contribution in [3.8, 4) is 11.4 Å². The number of imide groups is 1. The van der Waals surface area contributed by atoms with Crippen LogP contribution in [0.5, 0.6) is 5.75 Å². The molecule has 2 heterocycles. The number of methoxy groups -OCH3 is 1. The molecule has 124 valence electrons. The summed E-state index contributed by atoms with van der Waals surface area (Å²) in [7, 11) is 1.61. The molecule has 1 fully saturated rings. The van der Waals surface area contributed by atoms with Gasteiger partial charge in [0.15, 0.2) is 0 Å². The van der Waals surface area contributed by atoms with E-state index in [2.05, 4.69) is 4.98 Å². The third kappa shape index (κ3) is 2.95. The van der Waals surface area contributed by atoms with Gasteiger partial charge in [0.25, 0.3) is 5.91 Å². The van der Waals surface area contributed by atoms with E-state index in [9.17, 15) is 9.59 Å². The van der Waals surface area contributed by atoms with Crippen molar-refractivity contribution in [1.82, 2.24) is 14.5 Å². The van der Waals surface area contributed by atoms with Crippen LogP contribution in [0.25, 0.3) is 11.8 Å². The van der Waals surface area contributed by atoms with Crippen molar-refractivity contribution in [2.24, 2.45) is 0 Å². The van der Waals surface area contributed by atoms with Crippen molar-refractivity contribution in [3.63, 3.8) is 0 Å². The van der Waals surface area contributed by atoms with Gasteiger partial charge in [-0.2, -0.15) is 0 Å². The molecule has 0 atom stereocenters. The maximum atomic E-state index is 12.2.